The molecule has 12 heteroatoms. The van der Waals surface area contributed by atoms with Crippen molar-refractivity contribution >= 4 is 73.9 Å². The summed E-state index contributed by atoms with van der Waals surface area (Å²) in [4.78, 5) is 27.5. The molecule has 3 rings (SSSR count). The van der Waals surface area contributed by atoms with Gasteiger partial charge in [-0.25, -0.2) is 8.42 Å². The van der Waals surface area contributed by atoms with Crippen molar-refractivity contribution in [2.45, 2.75) is 24.4 Å². The minimum absolute atomic E-state index is 0.0426. The van der Waals surface area contributed by atoms with Crippen molar-refractivity contribution in [2.75, 3.05) is 17.9 Å². The molecular formula is C25H23Cl4N3O4S. The largest absolute Gasteiger partial charge is 0.357 e. The second-order valence-corrected chi connectivity index (χ2v) is 11.5. The van der Waals surface area contributed by atoms with Crippen molar-refractivity contribution in [3.05, 3.63) is 92.4 Å². The number of hydrogen-bond acceptors (Lipinski definition) is 4. The number of sulfonamides is 1. The fourth-order valence-electron chi connectivity index (χ4n) is 3.58. The number of amides is 2. The van der Waals surface area contributed by atoms with Gasteiger partial charge in [-0.15, -0.1) is 0 Å². The van der Waals surface area contributed by atoms with Crippen molar-refractivity contribution in [1.82, 2.24) is 10.2 Å². The third-order valence-corrected chi connectivity index (χ3v) is 8.48. The van der Waals surface area contributed by atoms with Crippen LogP contribution in [0.1, 0.15) is 12.5 Å². The van der Waals surface area contributed by atoms with Crippen molar-refractivity contribution < 1.29 is 18.0 Å². The number of carbonyl (C=O) groups is 2. The van der Waals surface area contributed by atoms with E-state index < -0.39 is 34.4 Å². The van der Waals surface area contributed by atoms with Crippen LogP contribution in [0.4, 0.5) is 5.69 Å². The van der Waals surface area contributed by atoms with Gasteiger partial charge in [0.2, 0.25) is 11.8 Å². The van der Waals surface area contributed by atoms with Crippen LogP contribution >= 0.6 is 46.4 Å². The van der Waals surface area contributed by atoms with Gasteiger partial charge in [-0.3, -0.25) is 13.9 Å². The monoisotopic (exact) mass is 601 g/mol. The predicted octanol–water partition coefficient (Wildman–Crippen LogP) is 5.66. The van der Waals surface area contributed by atoms with Gasteiger partial charge in [-0.2, -0.15) is 0 Å². The van der Waals surface area contributed by atoms with E-state index in [0.29, 0.717) is 15.6 Å². The third-order valence-electron chi connectivity index (χ3n) is 5.55. The predicted molar refractivity (Wildman–Crippen MR) is 148 cm³/mol. The van der Waals surface area contributed by atoms with E-state index in [1.165, 1.54) is 49.2 Å². The number of rotatable bonds is 9. The smallest absolute Gasteiger partial charge is 0.264 e. The first-order chi connectivity index (χ1) is 17.4. The Kier molecular flexibility index (Phi) is 9.72. The maximum atomic E-state index is 13.8. The van der Waals surface area contributed by atoms with E-state index in [0.717, 1.165) is 4.31 Å². The highest BCUT2D eigenvalue weighted by molar-refractivity contribution is 7.92. The van der Waals surface area contributed by atoms with E-state index in [-0.39, 0.29) is 27.2 Å². The zero-order chi connectivity index (χ0) is 27.3. The average molecular weight is 603 g/mol. The van der Waals surface area contributed by atoms with Crippen LogP contribution < -0.4 is 9.62 Å². The lowest BCUT2D eigenvalue weighted by Crippen LogP contribution is -2.50. The van der Waals surface area contributed by atoms with Crippen molar-refractivity contribution in [1.29, 1.82) is 0 Å². The highest BCUT2D eigenvalue weighted by Gasteiger charge is 2.33. The molecule has 1 atom stereocenters. The molecule has 3 aromatic rings. The maximum Gasteiger partial charge on any atom is 0.264 e. The van der Waals surface area contributed by atoms with Crippen LogP contribution in [0.3, 0.4) is 0 Å². The van der Waals surface area contributed by atoms with E-state index in [9.17, 15) is 18.0 Å². The quantitative estimate of drug-likeness (QED) is 0.342. The SMILES string of the molecule is CNC(=O)[C@@H](C)N(Cc1c(Cl)cccc1Cl)C(=O)CN(c1cc(Cl)cc(Cl)c1)S(=O)(=O)c1ccccc1. The summed E-state index contributed by atoms with van der Waals surface area (Å²) in [6.07, 6.45) is 0. The highest BCUT2D eigenvalue weighted by Crippen LogP contribution is 2.31. The summed E-state index contributed by atoms with van der Waals surface area (Å²) >= 11 is 25.0. The summed E-state index contributed by atoms with van der Waals surface area (Å²) in [7, 11) is -2.81. The Balaban J connectivity index is 2.09. The summed E-state index contributed by atoms with van der Waals surface area (Å²) < 4.78 is 28.3. The molecule has 2 amide bonds. The second kappa shape index (κ2) is 12.4. The molecule has 0 fully saturated rings. The zero-order valence-corrected chi connectivity index (χ0v) is 23.6. The molecule has 0 aliphatic rings. The molecule has 0 aliphatic heterocycles. The number of likely N-dealkylation sites (N-methyl/N-ethyl adjacent to an activating group) is 1. The zero-order valence-electron chi connectivity index (χ0n) is 19.8. The Labute approximate surface area is 235 Å². The van der Waals surface area contributed by atoms with Crippen LogP contribution in [0.5, 0.6) is 0 Å². The normalized spacial score (nSPS) is 12.1. The van der Waals surface area contributed by atoms with Gasteiger partial charge >= 0.3 is 0 Å². The molecule has 37 heavy (non-hydrogen) atoms. The van der Waals surface area contributed by atoms with E-state index in [1.807, 2.05) is 0 Å². The minimum atomic E-state index is -4.24. The lowest BCUT2D eigenvalue weighted by molar-refractivity contribution is -0.139. The number of benzene rings is 3. The highest BCUT2D eigenvalue weighted by atomic mass is 35.5. The first-order valence-electron chi connectivity index (χ1n) is 10.9. The number of nitrogens with one attached hydrogen (secondary N) is 1. The summed E-state index contributed by atoms with van der Waals surface area (Å²) in [6.45, 7) is 0.729. The van der Waals surface area contributed by atoms with Crippen molar-refractivity contribution in [2.24, 2.45) is 0 Å². The van der Waals surface area contributed by atoms with E-state index in [4.69, 9.17) is 46.4 Å². The minimum Gasteiger partial charge on any atom is -0.357 e. The Morgan fingerprint density at radius 2 is 1.46 bits per heavy atom. The van der Waals surface area contributed by atoms with Crippen molar-refractivity contribution in [3.63, 3.8) is 0 Å². The average Bonchev–Trinajstić information content (AvgIpc) is 2.86. The van der Waals surface area contributed by atoms with E-state index in [1.54, 1.807) is 36.4 Å². The molecule has 0 spiro atoms. The van der Waals surface area contributed by atoms with Gasteiger partial charge in [0.25, 0.3) is 10.0 Å². The van der Waals surface area contributed by atoms with Gasteiger partial charge in [0.15, 0.2) is 0 Å². The number of halogens is 4. The van der Waals surface area contributed by atoms with Gasteiger partial charge in [-0.1, -0.05) is 70.7 Å². The fraction of sp³-hybridized carbons (Fsp3) is 0.200. The summed E-state index contributed by atoms with van der Waals surface area (Å²) in [5.74, 6) is -1.14. The number of hydrogen-bond donors (Lipinski definition) is 1. The number of anilines is 1. The summed E-state index contributed by atoms with van der Waals surface area (Å²) in [6, 6.07) is 15.7. The van der Waals surface area contributed by atoms with E-state index in [2.05, 4.69) is 5.32 Å². The van der Waals surface area contributed by atoms with Gasteiger partial charge in [0, 0.05) is 39.2 Å². The lowest BCUT2D eigenvalue weighted by Gasteiger charge is -2.32. The molecule has 0 heterocycles. The van der Waals surface area contributed by atoms with Crippen molar-refractivity contribution in [3.8, 4) is 0 Å². The standard InChI is InChI=1S/C25H23Cl4N3O4S/c1-16(25(34)30-2)31(14-21-22(28)9-6-10-23(21)29)24(33)15-32(19-12-17(26)11-18(27)13-19)37(35,36)20-7-4-3-5-8-20/h3-13,16H,14-15H2,1-2H3,(H,30,34)/t16-/m1/s1. The Morgan fingerprint density at radius 1 is 0.892 bits per heavy atom. The fourth-order valence-corrected chi connectivity index (χ4v) is 6.03. The van der Waals surface area contributed by atoms with Gasteiger partial charge in [0.1, 0.15) is 12.6 Å². The first kappa shape index (κ1) is 29.1. The molecule has 0 aromatic heterocycles. The maximum absolute atomic E-state index is 13.8. The molecule has 0 saturated carbocycles. The first-order valence-corrected chi connectivity index (χ1v) is 13.9. The van der Waals surface area contributed by atoms with Gasteiger partial charge < -0.3 is 10.2 Å². The summed E-state index contributed by atoms with van der Waals surface area (Å²) in [5, 5.41) is 3.46. The van der Waals surface area contributed by atoms with Crippen LogP contribution in [-0.4, -0.2) is 44.8 Å². The molecule has 7 nitrogen and oxygen atoms in total. The van der Waals surface area contributed by atoms with E-state index >= 15 is 0 Å². The molecule has 0 bridgehead atoms. The Hall–Kier alpha value is -2.49. The van der Waals surface area contributed by atoms with Gasteiger partial charge in [0.05, 0.1) is 10.6 Å². The van der Waals surface area contributed by atoms with Crippen LogP contribution in [0, 0.1) is 0 Å². The molecular weight excluding hydrogens is 580 g/mol. The van der Waals surface area contributed by atoms with Crippen LogP contribution in [0.2, 0.25) is 20.1 Å². The topological polar surface area (TPSA) is 86.8 Å². The van der Waals surface area contributed by atoms with Crippen LogP contribution in [0.15, 0.2) is 71.6 Å². The Morgan fingerprint density at radius 3 is 2.00 bits per heavy atom. The number of nitrogens with zero attached hydrogens (tertiary/aromatic N) is 2. The second-order valence-electron chi connectivity index (χ2n) is 7.96. The number of carbonyl (C=O) groups excluding carboxylic acids is 2. The van der Waals surface area contributed by atoms with Crippen LogP contribution in [-0.2, 0) is 26.2 Å². The summed E-state index contributed by atoms with van der Waals surface area (Å²) in [5.41, 5.74) is 0.497. The molecule has 0 aliphatic carbocycles. The Bertz CT molecular complexity index is 1360. The lowest BCUT2D eigenvalue weighted by atomic mass is 10.1. The van der Waals surface area contributed by atoms with Gasteiger partial charge in [-0.05, 0) is 49.4 Å². The molecule has 3 aromatic carbocycles. The van der Waals surface area contributed by atoms with Crippen LogP contribution in [0.25, 0.3) is 0 Å². The molecule has 0 radical (unpaired) electrons. The third kappa shape index (κ3) is 6.89. The molecule has 196 valence electrons. The molecule has 0 unspecified atom stereocenters. The molecule has 1 N–H and O–H groups in total. The molecule has 0 saturated heterocycles.